The number of piperidine rings is 1. The van der Waals surface area contributed by atoms with Gasteiger partial charge in [0, 0.05) is 29.3 Å². The molecule has 1 atom stereocenters. The van der Waals surface area contributed by atoms with E-state index in [0.29, 0.717) is 41.5 Å². The Bertz CT molecular complexity index is 1160. The number of fused-ring (bicyclic) bond motifs is 1. The van der Waals surface area contributed by atoms with E-state index < -0.39 is 17.8 Å². The summed E-state index contributed by atoms with van der Waals surface area (Å²) in [4.78, 5) is 6.55. The number of methoxy groups -OCH3 is 1. The van der Waals surface area contributed by atoms with Crippen molar-refractivity contribution in [3.63, 3.8) is 0 Å². The molecular weight excluding hydrogens is 489 g/mol. The second kappa shape index (κ2) is 11.8. The Morgan fingerprint density at radius 2 is 1.89 bits per heavy atom. The summed E-state index contributed by atoms with van der Waals surface area (Å²) in [7, 11) is 1.56. The minimum Gasteiger partial charge on any atom is -0.497 e. The molecule has 0 bridgehead atoms. The van der Waals surface area contributed by atoms with Crippen molar-refractivity contribution >= 4 is 22.5 Å². The van der Waals surface area contributed by atoms with Crippen LogP contribution in [0.5, 0.6) is 5.75 Å². The summed E-state index contributed by atoms with van der Waals surface area (Å²) in [6, 6.07) is 9.26. The number of benzene rings is 2. The number of halogens is 4. The van der Waals surface area contributed by atoms with Gasteiger partial charge in [0.05, 0.1) is 17.6 Å². The van der Waals surface area contributed by atoms with Gasteiger partial charge in [-0.2, -0.15) is 0 Å². The first-order chi connectivity index (χ1) is 17.4. The molecule has 8 heteroatoms. The van der Waals surface area contributed by atoms with E-state index in [1.165, 1.54) is 24.4 Å². The van der Waals surface area contributed by atoms with Crippen molar-refractivity contribution in [3.8, 4) is 5.75 Å². The van der Waals surface area contributed by atoms with E-state index in [0.717, 1.165) is 32.5 Å². The van der Waals surface area contributed by atoms with Crippen LogP contribution >= 0.6 is 11.6 Å². The van der Waals surface area contributed by atoms with Crippen molar-refractivity contribution in [2.24, 2.45) is 5.41 Å². The second-order valence-corrected chi connectivity index (χ2v) is 10.1. The van der Waals surface area contributed by atoms with Gasteiger partial charge in [0.25, 0.3) is 0 Å². The lowest BCUT2D eigenvalue weighted by molar-refractivity contribution is 0.0300. The number of likely N-dealkylation sites (tertiary alicyclic amines) is 1. The van der Waals surface area contributed by atoms with Crippen molar-refractivity contribution in [3.05, 3.63) is 70.4 Å². The minimum atomic E-state index is -1.30. The average Bonchev–Trinajstić information content (AvgIpc) is 2.89. The highest BCUT2D eigenvalue weighted by Gasteiger charge is 2.35. The summed E-state index contributed by atoms with van der Waals surface area (Å²) < 4.78 is 48.6. The summed E-state index contributed by atoms with van der Waals surface area (Å²) in [6.45, 7) is 2.23. The first-order valence-corrected chi connectivity index (χ1v) is 12.8. The third kappa shape index (κ3) is 5.96. The maximum Gasteiger partial charge on any atom is 0.129 e. The molecule has 1 saturated heterocycles. The molecule has 0 radical (unpaired) electrons. The van der Waals surface area contributed by atoms with Crippen LogP contribution in [0.2, 0.25) is 5.02 Å². The van der Waals surface area contributed by atoms with E-state index in [2.05, 4.69) is 9.88 Å². The number of hydrogen-bond donors (Lipinski definition) is 1. The molecule has 0 saturated carbocycles. The highest BCUT2D eigenvalue weighted by Crippen LogP contribution is 2.42. The maximum atomic E-state index is 15.6. The van der Waals surface area contributed by atoms with Gasteiger partial charge in [-0.3, -0.25) is 4.98 Å². The standard InChI is InChI=1S/C28H32ClF3N2O2/c1-36-19-7-8-26-21(16-19)27(22(29)17-33-26)25(32)9-10-28(18-35)11-14-34(15-12-28)13-3-4-20-23(30)5-2-6-24(20)31/h2,5-8,16-17,25,35H,3-4,9-15,18H2,1H3/t25-/m1/s1. The molecule has 4 rings (SSSR count). The van der Waals surface area contributed by atoms with Crippen LogP contribution in [0.4, 0.5) is 13.2 Å². The lowest BCUT2D eigenvalue weighted by Gasteiger charge is -2.41. The molecule has 1 fully saturated rings. The number of alkyl halides is 1. The Morgan fingerprint density at radius 3 is 2.56 bits per heavy atom. The molecule has 2 heterocycles. The average molecular weight is 521 g/mol. The minimum absolute atomic E-state index is 0.00730. The first kappa shape index (κ1) is 26.7. The summed E-state index contributed by atoms with van der Waals surface area (Å²) >= 11 is 6.37. The number of aliphatic hydroxyl groups excluding tert-OH is 1. The Kier molecular flexibility index (Phi) is 8.75. The fraction of sp³-hybridized carbons (Fsp3) is 0.464. The fourth-order valence-corrected chi connectivity index (χ4v) is 5.45. The number of pyridine rings is 1. The molecule has 0 spiro atoms. The van der Waals surface area contributed by atoms with Gasteiger partial charge in [0.1, 0.15) is 23.6 Å². The van der Waals surface area contributed by atoms with E-state index in [9.17, 15) is 13.9 Å². The number of ether oxygens (including phenoxy) is 1. The fourth-order valence-electron chi connectivity index (χ4n) is 5.18. The highest BCUT2D eigenvalue weighted by molar-refractivity contribution is 6.32. The van der Waals surface area contributed by atoms with Crippen molar-refractivity contribution in [2.75, 3.05) is 33.4 Å². The molecule has 0 amide bonds. The molecule has 0 aliphatic carbocycles. The summed E-state index contributed by atoms with van der Waals surface area (Å²) in [5.74, 6) is -0.402. The lowest BCUT2D eigenvalue weighted by atomic mass is 9.74. The molecule has 194 valence electrons. The molecule has 1 aromatic heterocycles. The molecule has 0 unspecified atom stereocenters. The Balaban J connectivity index is 1.34. The molecule has 1 N–H and O–H groups in total. The predicted octanol–water partition coefficient (Wildman–Crippen LogP) is 6.67. The molecule has 1 aliphatic rings. The van der Waals surface area contributed by atoms with Crippen molar-refractivity contribution in [1.82, 2.24) is 9.88 Å². The lowest BCUT2D eigenvalue weighted by Crippen LogP contribution is -2.42. The van der Waals surface area contributed by atoms with Crippen LogP contribution < -0.4 is 4.74 Å². The van der Waals surface area contributed by atoms with Crippen molar-refractivity contribution in [2.45, 2.75) is 44.7 Å². The maximum absolute atomic E-state index is 15.6. The molecule has 1 aliphatic heterocycles. The van der Waals surface area contributed by atoms with Crippen LogP contribution in [0.15, 0.2) is 42.6 Å². The third-order valence-electron chi connectivity index (χ3n) is 7.52. The van der Waals surface area contributed by atoms with Crippen molar-refractivity contribution in [1.29, 1.82) is 0 Å². The zero-order chi connectivity index (χ0) is 25.7. The van der Waals surface area contributed by atoms with Crippen LogP contribution in [0.25, 0.3) is 10.9 Å². The summed E-state index contributed by atoms with van der Waals surface area (Å²) in [5.41, 5.74) is 0.837. The molecule has 3 aromatic rings. The molecule has 36 heavy (non-hydrogen) atoms. The number of rotatable bonds is 10. The topological polar surface area (TPSA) is 45.6 Å². The van der Waals surface area contributed by atoms with Crippen molar-refractivity contribution < 1.29 is 23.0 Å². The zero-order valence-electron chi connectivity index (χ0n) is 20.5. The van der Waals surface area contributed by atoms with E-state index in [4.69, 9.17) is 16.3 Å². The second-order valence-electron chi connectivity index (χ2n) is 9.71. The van der Waals surface area contributed by atoms with Gasteiger partial charge < -0.3 is 14.7 Å². The molecule has 2 aromatic carbocycles. The molecular formula is C28H32ClF3N2O2. The van der Waals surface area contributed by atoms with Gasteiger partial charge in [-0.1, -0.05) is 17.7 Å². The monoisotopic (exact) mass is 520 g/mol. The Labute approximate surface area is 215 Å². The smallest absolute Gasteiger partial charge is 0.129 e. The van der Waals surface area contributed by atoms with E-state index >= 15 is 4.39 Å². The van der Waals surface area contributed by atoms with Crippen LogP contribution in [0, 0.1) is 17.0 Å². The van der Waals surface area contributed by atoms with E-state index in [1.807, 2.05) is 0 Å². The zero-order valence-corrected chi connectivity index (χ0v) is 21.2. The van der Waals surface area contributed by atoms with Gasteiger partial charge >= 0.3 is 0 Å². The van der Waals surface area contributed by atoms with Crippen LogP contribution in [-0.2, 0) is 6.42 Å². The van der Waals surface area contributed by atoms with Gasteiger partial charge in [-0.15, -0.1) is 0 Å². The number of aromatic nitrogens is 1. The largest absolute Gasteiger partial charge is 0.497 e. The van der Waals surface area contributed by atoms with Crippen LogP contribution in [-0.4, -0.2) is 48.3 Å². The SMILES string of the molecule is COc1ccc2ncc(Cl)c([C@H](F)CCC3(CO)CCN(CCCc4c(F)cccc4F)CC3)c2c1. The Morgan fingerprint density at radius 1 is 1.17 bits per heavy atom. The van der Waals surface area contributed by atoms with Gasteiger partial charge in [0.15, 0.2) is 0 Å². The highest BCUT2D eigenvalue weighted by atomic mass is 35.5. The first-order valence-electron chi connectivity index (χ1n) is 12.4. The van der Waals surface area contributed by atoms with Crippen LogP contribution in [0.3, 0.4) is 0 Å². The number of aliphatic hydroxyl groups is 1. The van der Waals surface area contributed by atoms with Gasteiger partial charge in [-0.05, 0) is 93.9 Å². The Hall–Kier alpha value is -2.35. The quantitative estimate of drug-likeness (QED) is 0.324. The summed E-state index contributed by atoms with van der Waals surface area (Å²) in [6.07, 6.45) is 3.42. The number of hydrogen-bond acceptors (Lipinski definition) is 4. The molecule has 4 nitrogen and oxygen atoms in total. The summed E-state index contributed by atoms with van der Waals surface area (Å²) in [5, 5.41) is 11.1. The van der Waals surface area contributed by atoms with E-state index in [-0.39, 0.29) is 29.0 Å². The van der Waals surface area contributed by atoms with E-state index in [1.54, 1.807) is 25.3 Å². The predicted molar refractivity (Wildman–Crippen MR) is 136 cm³/mol. The third-order valence-corrected chi connectivity index (χ3v) is 7.83. The van der Waals surface area contributed by atoms with Gasteiger partial charge in [0.2, 0.25) is 0 Å². The van der Waals surface area contributed by atoms with Gasteiger partial charge in [-0.25, -0.2) is 13.2 Å². The normalized spacial score (nSPS) is 16.8. The van der Waals surface area contributed by atoms with Crippen LogP contribution in [0.1, 0.15) is 49.4 Å². The number of nitrogens with zero attached hydrogens (tertiary/aromatic N) is 2.